The summed E-state index contributed by atoms with van der Waals surface area (Å²) < 4.78 is 17.4. The molecule has 28 heavy (non-hydrogen) atoms. The van der Waals surface area contributed by atoms with Gasteiger partial charge in [0.25, 0.3) is 0 Å². The lowest BCUT2D eigenvalue weighted by atomic mass is 9.73. The predicted molar refractivity (Wildman–Crippen MR) is 105 cm³/mol. The molecule has 5 nitrogen and oxygen atoms in total. The highest BCUT2D eigenvalue weighted by Crippen LogP contribution is 2.53. The molecule has 0 saturated carbocycles. The molecular formula is C23H25NO4. The van der Waals surface area contributed by atoms with Crippen molar-refractivity contribution in [1.29, 1.82) is 0 Å². The standard InChI is InChI=1S/C23H25NO4/c1-22(27-13-14-28-22)15-20-23(11-12-26-21(23)25)18-9-5-6-10-19(18)24(20)16-17-7-3-2-4-8-17/h2-10,20H,11-16H2,1H3/t20-,23-/m0/s1. The number of esters is 1. The number of fused-ring (bicyclic) bond motifs is 2. The molecule has 146 valence electrons. The normalized spacial score (nSPS) is 28.0. The highest BCUT2D eigenvalue weighted by molar-refractivity contribution is 5.92. The van der Waals surface area contributed by atoms with Gasteiger partial charge in [-0.3, -0.25) is 4.79 Å². The van der Waals surface area contributed by atoms with E-state index in [0.717, 1.165) is 17.8 Å². The fraction of sp³-hybridized carbons (Fsp3) is 0.435. The molecule has 3 aliphatic heterocycles. The second-order valence-corrected chi connectivity index (χ2v) is 8.04. The predicted octanol–water partition coefficient (Wildman–Crippen LogP) is 3.41. The number of hydrogen-bond acceptors (Lipinski definition) is 5. The first-order valence-electron chi connectivity index (χ1n) is 9.98. The smallest absolute Gasteiger partial charge is 0.318 e. The molecule has 5 heteroatoms. The molecular weight excluding hydrogens is 354 g/mol. The van der Waals surface area contributed by atoms with Gasteiger partial charge in [-0.05, 0) is 24.1 Å². The molecule has 0 unspecified atom stereocenters. The van der Waals surface area contributed by atoms with Gasteiger partial charge < -0.3 is 19.1 Å². The summed E-state index contributed by atoms with van der Waals surface area (Å²) in [4.78, 5) is 15.5. The van der Waals surface area contributed by atoms with Crippen LogP contribution in [0.5, 0.6) is 0 Å². The highest BCUT2D eigenvalue weighted by Gasteiger charge is 2.61. The van der Waals surface area contributed by atoms with E-state index >= 15 is 0 Å². The minimum Gasteiger partial charge on any atom is -0.465 e. The van der Waals surface area contributed by atoms with Crippen molar-refractivity contribution in [2.75, 3.05) is 24.7 Å². The van der Waals surface area contributed by atoms with Gasteiger partial charge >= 0.3 is 5.97 Å². The Kier molecular flexibility index (Phi) is 4.18. The summed E-state index contributed by atoms with van der Waals surface area (Å²) in [6.07, 6.45) is 1.30. The van der Waals surface area contributed by atoms with E-state index in [0.29, 0.717) is 32.7 Å². The summed E-state index contributed by atoms with van der Waals surface area (Å²) in [5, 5.41) is 0. The Morgan fingerprint density at radius 3 is 2.43 bits per heavy atom. The Bertz CT molecular complexity index is 877. The van der Waals surface area contributed by atoms with Gasteiger partial charge in [0, 0.05) is 25.1 Å². The van der Waals surface area contributed by atoms with Crippen LogP contribution in [-0.4, -0.2) is 37.6 Å². The third-order valence-electron chi connectivity index (χ3n) is 6.39. The van der Waals surface area contributed by atoms with Crippen LogP contribution < -0.4 is 4.90 Å². The van der Waals surface area contributed by atoms with Crippen LogP contribution in [0.1, 0.15) is 30.9 Å². The van der Waals surface area contributed by atoms with Gasteiger partial charge in [0.2, 0.25) is 0 Å². The van der Waals surface area contributed by atoms with Crippen LogP contribution in [0.25, 0.3) is 0 Å². The average molecular weight is 379 g/mol. The van der Waals surface area contributed by atoms with Gasteiger partial charge in [0.1, 0.15) is 5.41 Å². The maximum absolute atomic E-state index is 13.1. The molecule has 2 aromatic carbocycles. The van der Waals surface area contributed by atoms with Crippen LogP contribution in [0.4, 0.5) is 5.69 Å². The monoisotopic (exact) mass is 379 g/mol. The van der Waals surface area contributed by atoms with Gasteiger partial charge in [0.15, 0.2) is 5.79 Å². The number of rotatable bonds is 4. The number of carbonyl (C=O) groups excluding carboxylic acids is 1. The minimum atomic E-state index is -0.683. The third kappa shape index (κ3) is 2.65. The van der Waals surface area contributed by atoms with E-state index < -0.39 is 11.2 Å². The molecule has 0 radical (unpaired) electrons. The first-order valence-corrected chi connectivity index (χ1v) is 9.98. The van der Waals surface area contributed by atoms with E-state index in [1.807, 2.05) is 25.1 Å². The average Bonchev–Trinajstić information content (AvgIpc) is 3.38. The number of carbonyl (C=O) groups is 1. The van der Waals surface area contributed by atoms with Crippen LogP contribution in [0, 0.1) is 0 Å². The molecule has 2 atom stereocenters. The van der Waals surface area contributed by atoms with Crippen LogP contribution >= 0.6 is 0 Å². The molecule has 2 fully saturated rings. The lowest BCUT2D eigenvalue weighted by Crippen LogP contribution is -2.51. The summed E-state index contributed by atoms with van der Waals surface area (Å²) in [6, 6.07) is 18.6. The SMILES string of the molecule is CC1(C[C@@H]2N(Cc3ccccc3)c3ccccc3[C@@]23CCOC3=O)OCCO1. The van der Waals surface area contributed by atoms with Crippen molar-refractivity contribution in [2.24, 2.45) is 0 Å². The second kappa shape index (κ2) is 6.61. The van der Waals surface area contributed by atoms with E-state index in [9.17, 15) is 4.79 Å². The summed E-state index contributed by atoms with van der Waals surface area (Å²) in [5.74, 6) is -0.806. The molecule has 5 rings (SSSR count). The molecule has 0 aliphatic carbocycles. The van der Waals surface area contributed by atoms with Gasteiger partial charge in [0.05, 0.1) is 25.9 Å². The van der Waals surface area contributed by atoms with Crippen molar-refractivity contribution < 1.29 is 19.0 Å². The topological polar surface area (TPSA) is 48.0 Å². The van der Waals surface area contributed by atoms with E-state index in [4.69, 9.17) is 14.2 Å². The van der Waals surface area contributed by atoms with E-state index in [2.05, 4.69) is 41.3 Å². The Hall–Kier alpha value is -2.37. The first kappa shape index (κ1) is 17.7. The lowest BCUT2D eigenvalue weighted by Gasteiger charge is -2.38. The van der Waals surface area contributed by atoms with Crippen molar-refractivity contribution in [3.8, 4) is 0 Å². The number of hydrogen-bond donors (Lipinski definition) is 0. The van der Waals surface area contributed by atoms with Gasteiger partial charge in [-0.25, -0.2) is 0 Å². The van der Waals surface area contributed by atoms with Crippen molar-refractivity contribution in [2.45, 2.75) is 43.6 Å². The molecule has 1 spiro atoms. The number of ether oxygens (including phenoxy) is 3. The summed E-state index contributed by atoms with van der Waals surface area (Å²) in [7, 11) is 0. The Labute approximate surface area is 165 Å². The van der Waals surface area contributed by atoms with Crippen LogP contribution in [0.2, 0.25) is 0 Å². The lowest BCUT2D eigenvalue weighted by molar-refractivity contribution is -0.157. The quantitative estimate of drug-likeness (QED) is 0.762. The zero-order valence-electron chi connectivity index (χ0n) is 16.1. The third-order valence-corrected chi connectivity index (χ3v) is 6.39. The highest BCUT2D eigenvalue weighted by atomic mass is 16.7. The fourth-order valence-corrected chi connectivity index (χ4v) is 5.08. The minimum absolute atomic E-state index is 0.0804. The molecule has 0 aromatic heterocycles. The van der Waals surface area contributed by atoms with Gasteiger partial charge in [-0.1, -0.05) is 48.5 Å². The van der Waals surface area contributed by atoms with Crippen LogP contribution in [0.3, 0.4) is 0 Å². The van der Waals surface area contributed by atoms with Gasteiger partial charge in [-0.15, -0.1) is 0 Å². The van der Waals surface area contributed by atoms with E-state index in [1.165, 1.54) is 5.56 Å². The number of nitrogens with zero attached hydrogens (tertiary/aromatic N) is 1. The zero-order chi connectivity index (χ0) is 19.2. The number of anilines is 1. The Morgan fingerprint density at radius 2 is 1.71 bits per heavy atom. The van der Waals surface area contributed by atoms with Crippen molar-refractivity contribution >= 4 is 11.7 Å². The second-order valence-electron chi connectivity index (χ2n) is 8.04. The number of cyclic esters (lactones) is 1. The van der Waals surface area contributed by atoms with Crippen molar-refractivity contribution in [3.05, 3.63) is 65.7 Å². The van der Waals surface area contributed by atoms with Gasteiger partial charge in [-0.2, -0.15) is 0 Å². The molecule has 0 N–H and O–H groups in total. The zero-order valence-corrected chi connectivity index (χ0v) is 16.1. The molecule has 2 aromatic rings. The number of para-hydroxylation sites is 1. The van der Waals surface area contributed by atoms with Crippen molar-refractivity contribution in [3.63, 3.8) is 0 Å². The number of benzene rings is 2. The largest absolute Gasteiger partial charge is 0.465 e. The molecule has 0 amide bonds. The summed E-state index contributed by atoms with van der Waals surface area (Å²) >= 11 is 0. The fourth-order valence-electron chi connectivity index (χ4n) is 5.08. The van der Waals surface area contributed by atoms with E-state index in [-0.39, 0.29) is 12.0 Å². The maximum atomic E-state index is 13.1. The Morgan fingerprint density at radius 1 is 1.00 bits per heavy atom. The summed E-state index contributed by atoms with van der Waals surface area (Å²) in [5.41, 5.74) is 2.73. The molecule has 2 saturated heterocycles. The molecule has 3 aliphatic rings. The maximum Gasteiger partial charge on any atom is 0.318 e. The molecule has 3 heterocycles. The van der Waals surface area contributed by atoms with Crippen LogP contribution in [0.15, 0.2) is 54.6 Å². The Balaban J connectivity index is 1.61. The van der Waals surface area contributed by atoms with Crippen LogP contribution in [-0.2, 0) is 31.0 Å². The molecule has 0 bridgehead atoms. The van der Waals surface area contributed by atoms with Crippen molar-refractivity contribution in [1.82, 2.24) is 0 Å². The first-order chi connectivity index (χ1) is 13.6. The summed E-state index contributed by atoms with van der Waals surface area (Å²) in [6.45, 7) is 4.35. The van der Waals surface area contributed by atoms with E-state index in [1.54, 1.807) is 0 Å².